The number of allylic oxidation sites excluding steroid dienone is 1. The zero-order chi connectivity index (χ0) is 48.4. The predicted octanol–water partition coefficient (Wildman–Crippen LogP) is 8.12. The first-order valence-corrected chi connectivity index (χ1v) is 27.2. The molecule has 380 valence electrons. The maximum atomic E-state index is 12.8. The number of epoxide rings is 1. The van der Waals surface area contributed by atoms with Crippen LogP contribution in [0.5, 0.6) is 0 Å². The van der Waals surface area contributed by atoms with E-state index in [2.05, 4.69) is 42.2 Å². The molecule has 2 aliphatic heterocycles. The largest absolute Gasteiger partial charge is 0.481 e. The van der Waals surface area contributed by atoms with Gasteiger partial charge in [0, 0.05) is 19.0 Å². The molecule has 2 aliphatic rings. The van der Waals surface area contributed by atoms with Crippen LogP contribution >= 0.6 is 15.6 Å². The highest BCUT2D eigenvalue weighted by molar-refractivity contribution is 7.61. The summed E-state index contributed by atoms with van der Waals surface area (Å²) in [5.41, 5.74) is 4.58. The van der Waals surface area contributed by atoms with Crippen LogP contribution in [0.15, 0.2) is 29.2 Å². The Morgan fingerprint density at radius 1 is 0.788 bits per heavy atom. The number of rotatable bonds is 38. The van der Waals surface area contributed by atoms with Crippen molar-refractivity contribution in [3.63, 3.8) is 0 Å². The molecule has 19 nitrogen and oxygen atoms in total. The van der Waals surface area contributed by atoms with Gasteiger partial charge in [-0.3, -0.25) is 23.2 Å². The number of phosphoric ester groups is 2. The SMILES string of the molecule is CCCCCC1OC1C/C=C\CCCCCCCC(=O)O[C@H](COC(=O)CCCCCCCCCCCC(C)C)COP(=O)(O)OP(=O)(O)OC[C@H]1O[C@@H](n2ccc(N)nc2=O)[C@H](O)[C@@H]1O. The summed E-state index contributed by atoms with van der Waals surface area (Å²) in [6.07, 6.45) is 20.6. The van der Waals surface area contributed by atoms with E-state index < -0.39 is 83.7 Å². The topological polar surface area (TPSA) is 278 Å². The fourth-order valence-electron chi connectivity index (χ4n) is 7.56. The summed E-state index contributed by atoms with van der Waals surface area (Å²) in [4.78, 5) is 61.8. The monoisotopic (exact) mass is 979 g/mol. The van der Waals surface area contributed by atoms with Gasteiger partial charge in [0.15, 0.2) is 12.3 Å². The van der Waals surface area contributed by atoms with Crippen LogP contribution in [-0.2, 0) is 51.0 Å². The molecular weight excluding hydrogens is 900 g/mol. The zero-order valence-electron chi connectivity index (χ0n) is 39.4. The lowest BCUT2D eigenvalue weighted by Gasteiger charge is -2.21. The number of carbonyl (C=O) groups excluding carboxylic acids is 2. The molecule has 2 fully saturated rings. The lowest BCUT2D eigenvalue weighted by molar-refractivity contribution is -0.161. The van der Waals surface area contributed by atoms with Gasteiger partial charge in [-0.25, -0.2) is 13.9 Å². The molecule has 0 bridgehead atoms. The smallest absolute Gasteiger partial charge is 0.462 e. The van der Waals surface area contributed by atoms with Crippen molar-refractivity contribution >= 4 is 33.4 Å². The molecule has 1 aromatic heterocycles. The average Bonchev–Trinajstić information content (AvgIpc) is 3.94. The van der Waals surface area contributed by atoms with Crippen molar-refractivity contribution in [2.75, 3.05) is 25.6 Å². The quantitative estimate of drug-likeness (QED) is 0.0137. The zero-order valence-corrected chi connectivity index (χ0v) is 41.2. The van der Waals surface area contributed by atoms with Gasteiger partial charge in [-0.05, 0) is 50.5 Å². The van der Waals surface area contributed by atoms with E-state index in [1.165, 1.54) is 57.4 Å². The minimum Gasteiger partial charge on any atom is -0.462 e. The average molecular weight is 980 g/mol. The highest BCUT2D eigenvalue weighted by Crippen LogP contribution is 2.60. The number of aromatic nitrogens is 2. The van der Waals surface area contributed by atoms with E-state index in [1.807, 2.05) is 0 Å². The fourth-order valence-corrected chi connectivity index (χ4v) is 9.67. The number of hydrogen-bond acceptors (Lipinski definition) is 16. The van der Waals surface area contributed by atoms with Crippen molar-refractivity contribution in [2.45, 2.75) is 211 Å². The minimum absolute atomic E-state index is 0.0319. The van der Waals surface area contributed by atoms with Crippen LogP contribution in [0, 0.1) is 5.92 Å². The normalized spacial score (nSPS) is 22.9. The molecule has 0 radical (unpaired) electrons. The number of aliphatic hydroxyl groups excluding tert-OH is 2. The Labute approximate surface area is 390 Å². The maximum Gasteiger partial charge on any atom is 0.481 e. The number of ether oxygens (including phenoxy) is 4. The van der Waals surface area contributed by atoms with Crippen LogP contribution < -0.4 is 11.4 Å². The lowest BCUT2D eigenvalue weighted by Crippen LogP contribution is -2.36. The molecule has 21 heteroatoms. The Morgan fingerprint density at radius 3 is 2.06 bits per heavy atom. The third-order valence-corrected chi connectivity index (χ3v) is 14.1. The summed E-state index contributed by atoms with van der Waals surface area (Å²) < 4.78 is 62.4. The number of unbranched alkanes of at least 4 members (excludes halogenated alkanes) is 15. The van der Waals surface area contributed by atoms with Gasteiger partial charge in [-0.2, -0.15) is 9.29 Å². The molecule has 0 spiro atoms. The van der Waals surface area contributed by atoms with Crippen LogP contribution in [0.2, 0.25) is 0 Å². The lowest BCUT2D eigenvalue weighted by atomic mass is 10.0. The van der Waals surface area contributed by atoms with Crippen molar-refractivity contribution in [3.8, 4) is 0 Å². The first kappa shape index (κ1) is 57.8. The molecule has 2 saturated heterocycles. The Bertz CT molecular complexity index is 1730. The minimum atomic E-state index is -5.42. The van der Waals surface area contributed by atoms with Crippen molar-refractivity contribution in [3.05, 3.63) is 34.9 Å². The Kier molecular flexibility index (Phi) is 27.6. The number of nitrogens with two attached hydrogens (primary N) is 1. The molecule has 0 aromatic carbocycles. The number of nitrogen functional groups attached to an aromatic ring is 1. The second kappa shape index (κ2) is 31.6. The number of hydrogen-bond donors (Lipinski definition) is 5. The number of carbonyl (C=O) groups is 2. The second-order valence-corrected chi connectivity index (χ2v) is 20.9. The van der Waals surface area contributed by atoms with E-state index in [1.54, 1.807) is 0 Å². The molecule has 4 unspecified atom stereocenters. The summed E-state index contributed by atoms with van der Waals surface area (Å²) in [5, 5.41) is 20.9. The van der Waals surface area contributed by atoms with Crippen LogP contribution in [-0.4, -0.2) is 97.9 Å². The van der Waals surface area contributed by atoms with Crippen molar-refractivity contribution in [1.29, 1.82) is 0 Å². The van der Waals surface area contributed by atoms with E-state index >= 15 is 0 Å². The van der Waals surface area contributed by atoms with Gasteiger partial charge in [-0.1, -0.05) is 129 Å². The van der Waals surface area contributed by atoms with Gasteiger partial charge >= 0.3 is 33.3 Å². The Balaban J connectivity index is 1.41. The van der Waals surface area contributed by atoms with Gasteiger partial charge < -0.3 is 44.7 Å². The molecule has 9 atom stereocenters. The summed E-state index contributed by atoms with van der Waals surface area (Å²) >= 11 is 0. The molecule has 3 rings (SSSR count). The Hall–Kier alpha value is -2.54. The number of phosphoric acid groups is 2. The summed E-state index contributed by atoms with van der Waals surface area (Å²) in [5.74, 6) is -0.576. The van der Waals surface area contributed by atoms with Crippen LogP contribution in [0.1, 0.15) is 175 Å². The predicted molar refractivity (Wildman–Crippen MR) is 247 cm³/mol. The molecule has 0 saturated carbocycles. The molecule has 0 aliphatic carbocycles. The van der Waals surface area contributed by atoms with E-state index in [0.29, 0.717) is 25.0 Å². The van der Waals surface area contributed by atoms with Gasteiger partial charge in [0.05, 0.1) is 25.4 Å². The Morgan fingerprint density at radius 2 is 1.41 bits per heavy atom. The molecule has 6 N–H and O–H groups in total. The van der Waals surface area contributed by atoms with E-state index in [9.17, 15) is 43.5 Å². The first-order valence-electron chi connectivity index (χ1n) is 24.2. The third kappa shape index (κ3) is 24.7. The van der Waals surface area contributed by atoms with E-state index in [0.717, 1.165) is 87.3 Å². The molecule has 1 aromatic rings. The van der Waals surface area contributed by atoms with Gasteiger partial charge in [0.2, 0.25) is 0 Å². The van der Waals surface area contributed by atoms with Gasteiger partial charge in [0.25, 0.3) is 0 Å². The van der Waals surface area contributed by atoms with Gasteiger partial charge in [0.1, 0.15) is 30.7 Å². The number of nitrogens with zero attached hydrogens (tertiary/aromatic N) is 2. The summed E-state index contributed by atoms with van der Waals surface area (Å²) in [7, 11) is -10.8. The summed E-state index contributed by atoms with van der Waals surface area (Å²) in [6, 6.07) is 1.25. The third-order valence-electron chi connectivity index (χ3n) is 11.5. The number of anilines is 1. The van der Waals surface area contributed by atoms with Crippen LogP contribution in [0.25, 0.3) is 0 Å². The molecule has 66 heavy (non-hydrogen) atoms. The highest BCUT2D eigenvalue weighted by atomic mass is 31.3. The van der Waals surface area contributed by atoms with E-state index in [-0.39, 0.29) is 18.7 Å². The van der Waals surface area contributed by atoms with E-state index in [4.69, 9.17) is 33.7 Å². The molecule has 3 heterocycles. The van der Waals surface area contributed by atoms with Gasteiger partial charge in [-0.15, -0.1) is 0 Å². The molecule has 0 amide bonds. The standard InChI is InChI=1S/C45H79N3O16P2/c1-4-5-19-25-36-37(62-36)26-21-16-12-9-10-14-18-23-28-41(50)61-35(31-58-40(49)27-22-17-13-8-6-7-11-15-20-24-34(2)3)32-59-65(54,55)64-66(56,57)60-33-38-42(51)43(52)44(63-38)48-30-29-39(46)47-45(48)53/h16,21,29-30,34-38,42-44,51-52H,4-15,17-20,22-28,31-33H2,1-3H3,(H,54,55)(H,56,57)(H2,46,47,53)/b21-16-/t35-,36?,37?,38-,42-,43-,44-/m1/s1. The fraction of sp³-hybridized carbons (Fsp3) is 0.822. The second-order valence-electron chi connectivity index (χ2n) is 17.8. The van der Waals surface area contributed by atoms with Crippen LogP contribution in [0.3, 0.4) is 0 Å². The van der Waals surface area contributed by atoms with Crippen molar-refractivity contribution in [1.82, 2.24) is 9.55 Å². The van der Waals surface area contributed by atoms with Crippen molar-refractivity contribution in [2.24, 2.45) is 5.92 Å². The summed E-state index contributed by atoms with van der Waals surface area (Å²) in [6.45, 7) is 4.37. The van der Waals surface area contributed by atoms with Crippen LogP contribution in [0.4, 0.5) is 5.82 Å². The first-order chi connectivity index (χ1) is 31.5. The highest BCUT2D eigenvalue weighted by Gasteiger charge is 2.46. The molecular formula is C45H79N3O16P2. The number of esters is 2. The van der Waals surface area contributed by atoms with Crippen molar-refractivity contribution < 1.29 is 71.0 Å². The maximum absolute atomic E-state index is 12.8. The number of aliphatic hydroxyl groups is 2.